The van der Waals surface area contributed by atoms with Gasteiger partial charge in [-0.25, -0.2) is 0 Å². The molecule has 0 fully saturated rings. The van der Waals surface area contributed by atoms with E-state index in [2.05, 4.69) is 5.32 Å². The third kappa shape index (κ3) is 2.96. The highest BCUT2D eigenvalue weighted by Gasteiger charge is 2.09. The SMILES string of the molecule is Cc1cc(CNC(=O)c2cccc(-n3cccc3)c2)c(C)o1. The zero-order valence-electron chi connectivity index (χ0n) is 12.7. The number of carbonyl (C=O) groups is 1. The van der Waals surface area contributed by atoms with E-state index in [1.165, 1.54) is 0 Å². The van der Waals surface area contributed by atoms with E-state index in [1.807, 2.05) is 73.3 Å². The summed E-state index contributed by atoms with van der Waals surface area (Å²) in [7, 11) is 0. The Balaban J connectivity index is 1.72. The second-order valence-corrected chi connectivity index (χ2v) is 5.26. The Bertz CT molecular complexity index is 785. The molecule has 0 bridgehead atoms. The van der Waals surface area contributed by atoms with Crippen molar-refractivity contribution in [1.82, 2.24) is 9.88 Å². The van der Waals surface area contributed by atoms with Gasteiger partial charge in [-0.05, 0) is 50.2 Å². The molecule has 22 heavy (non-hydrogen) atoms. The highest BCUT2D eigenvalue weighted by atomic mass is 16.3. The molecule has 0 aliphatic carbocycles. The standard InChI is InChI=1S/C18H18N2O2/c1-13-10-16(14(2)22-13)12-19-18(21)15-6-5-7-17(11-15)20-8-3-4-9-20/h3-11H,12H2,1-2H3,(H,19,21). The van der Waals surface area contributed by atoms with E-state index in [0.29, 0.717) is 12.1 Å². The van der Waals surface area contributed by atoms with Gasteiger partial charge in [-0.2, -0.15) is 0 Å². The van der Waals surface area contributed by atoms with Gasteiger partial charge in [-0.1, -0.05) is 6.07 Å². The van der Waals surface area contributed by atoms with Gasteiger partial charge in [-0.3, -0.25) is 4.79 Å². The molecule has 1 aromatic carbocycles. The van der Waals surface area contributed by atoms with Crippen LogP contribution in [0, 0.1) is 13.8 Å². The van der Waals surface area contributed by atoms with Crippen LogP contribution < -0.4 is 5.32 Å². The third-order valence-electron chi connectivity index (χ3n) is 3.59. The first-order valence-electron chi connectivity index (χ1n) is 7.21. The maximum Gasteiger partial charge on any atom is 0.251 e. The summed E-state index contributed by atoms with van der Waals surface area (Å²) in [6.07, 6.45) is 3.91. The van der Waals surface area contributed by atoms with Crippen LogP contribution in [0.25, 0.3) is 5.69 Å². The molecule has 0 atom stereocenters. The van der Waals surface area contributed by atoms with Crippen LogP contribution in [0.4, 0.5) is 0 Å². The molecule has 0 aliphatic rings. The molecule has 0 spiro atoms. The Hall–Kier alpha value is -2.75. The maximum absolute atomic E-state index is 12.3. The molecule has 2 aromatic heterocycles. The number of aryl methyl sites for hydroxylation is 2. The van der Waals surface area contributed by atoms with Crippen molar-refractivity contribution in [2.45, 2.75) is 20.4 Å². The molecule has 4 heteroatoms. The van der Waals surface area contributed by atoms with Crippen LogP contribution in [-0.2, 0) is 6.54 Å². The largest absolute Gasteiger partial charge is 0.466 e. The fraction of sp³-hybridized carbons (Fsp3) is 0.167. The molecule has 1 N–H and O–H groups in total. The second kappa shape index (κ2) is 5.93. The van der Waals surface area contributed by atoms with Crippen molar-refractivity contribution in [3.8, 4) is 5.69 Å². The molecule has 4 nitrogen and oxygen atoms in total. The van der Waals surface area contributed by atoms with Gasteiger partial charge >= 0.3 is 0 Å². The normalized spacial score (nSPS) is 10.6. The van der Waals surface area contributed by atoms with Crippen LogP contribution in [-0.4, -0.2) is 10.5 Å². The van der Waals surface area contributed by atoms with E-state index in [1.54, 1.807) is 0 Å². The second-order valence-electron chi connectivity index (χ2n) is 5.26. The van der Waals surface area contributed by atoms with Crippen molar-refractivity contribution in [1.29, 1.82) is 0 Å². The molecule has 0 saturated heterocycles. The lowest BCUT2D eigenvalue weighted by molar-refractivity contribution is 0.0951. The van der Waals surface area contributed by atoms with E-state index < -0.39 is 0 Å². The molecule has 3 aromatic rings. The zero-order valence-corrected chi connectivity index (χ0v) is 12.7. The molecule has 1 amide bonds. The van der Waals surface area contributed by atoms with E-state index >= 15 is 0 Å². The summed E-state index contributed by atoms with van der Waals surface area (Å²) in [6, 6.07) is 13.4. The van der Waals surface area contributed by atoms with E-state index in [9.17, 15) is 4.79 Å². The van der Waals surface area contributed by atoms with Crippen LogP contribution in [0.3, 0.4) is 0 Å². The van der Waals surface area contributed by atoms with E-state index in [0.717, 1.165) is 22.8 Å². The average molecular weight is 294 g/mol. The van der Waals surface area contributed by atoms with Crippen LogP contribution in [0.5, 0.6) is 0 Å². The minimum atomic E-state index is -0.0905. The summed E-state index contributed by atoms with van der Waals surface area (Å²) in [5.41, 5.74) is 2.62. The van der Waals surface area contributed by atoms with Gasteiger partial charge in [0.2, 0.25) is 0 Å². The lowest BCUT2D eigenvalue weighted by Gasteiger charge is -2.07. The molecule has 0 aliphatic heterocycles. The van der Waals surface area contributed by atoms with Crippen molar-refractivity contribution in [2.75, 3.05) is 0 Å². The van der Waals surface area contributed by atoms with Gasteiger partial charge in [-0.15, -0.1) is 0 Å². The molecule has 0 radical (unpaired) electrons. The number of carbonyl (C=O) groups excluding carboxylic acids is 1. The molecule has 112 valence electrons. The number of aromatic nitrogens is 1. The van der Waals surface area contributed by atoms with Crippen molar-refractivity contribution in [3.63, 3.8) is 0 Å². The predicted molar refractivity (Wildman–Crippen MR) is 85.1 cm³/mol. The lowest BCUT2D eigenvalue weighted by atomic mass is 10.1. The van der Waals surface area contributed by atoms with Gasteiger partial charge in [0.15, 0.2) is 0 Å². The smallest absolute Gasteiger partial charge is 0.251 e. The van der Waals surface area contributed by atoms with Gasteiger partial charge in [0.05, 0.1) is 0 Å². The first kappa shape index (κ1) is 14.2. The number of nitrogens with zero attached hydrogens (tertiary/aromatic N) is 1. The highest BCUT2D eigenvalue weighted by Crippen LogP contribution is 2.14. The lowest BCUT2D eigenvalue weighted by Crippen LogP contribution is -2.23. The monoisotopic (exact) mass is 294 g/mol. The van der Waals surface area contributed by atoms with Crippen molar-refractivity contribution in [3.05, 3.63) is 77.5 Å². The molecule has 3 rings (SSSR count). The predicted octanol–water partition coefficient (Wildman–Crippen LogP) is 3.62. The van der Waals surface area contributed by atoms with Crippen molar-refractivity contribution in [2.24, 2.45) is 0 Å². The average Bonchev–Trinajstić information content (AvgIpc) is 3.15. The van der Waals surface area contributed by atoms with E-state index in [4.69, 9.17) is 4.42 Å². The number of benzene rings is 1. The quantitative estimate of drug-likeness (QED) is 0.799. The fourth-order valence-electron chi connectivity index (χ4n) is 2.45. The number of hydrogen-bond donors (Lipinski definition) is 1. The van der Waals surface area contributed by atoms with Crippen LogP contribution in [0.15, 0.2) is 59.3 Å². The topological polar surface area (TPSA) is 47.2 Å². The third-order valence-corrected chi connectivity index (χ3v) is 3.59. The van der Waals surface area contributed by atoms with Gasteiger partial charge < -0.3 is 14.3 Å². The fourth-order valence-corrected chi connectivity index (χ4v) is 2.45. The maximum atomic E-state index is 12.3. The van der Waals surface area contributed by atoms with Gasteiger partial charge in [0.25, 0.3) is 5.91 Å². The van der Waals surface area contributed by atoms with Crippen molar-refractivity contribution < 1.29 is 9.21 Å². The summed E-state index contributed by atoms with van der Waals surface area (Å²) in [5, 5.41) is 2.93. The summed E-state index contributed by atoms with van der Waals surface area (Å²) in [6.45, 7) is 4.27. The summed E-state index contributed by atoms with van der Waals surface area (Å²) in [5.74, 6) is 1.61. The number of hydrogen-bond acceptors (Lipinski definition) is 2. The van der Waals surface area contributed by atoms with E-state index in [-0.39, 0.29) is 5.91 Å². The van der Waals surface area contributed by atoms with Gasteiger partial charge in [0.1, 0.15) is 11.5 Å². The Morgan fingerprint density at radius 3 is 2.59 bits per heavy atom. The van der Waals surface area contributed by atoms with Crippen LogP contribution in [0.1, 0.15) is 27.4 Å². The molecular weight excluding hydrogens is 276 g/mol. The number of furan rings is 1. The summed E-state index contributed by atoms with van der Waals surface area (Å²) < 4.78 is 7.44. The first-order chi connectivity index (χ1) is 10.6. The molecule has 0 unspecified atom stereocenters. The molecule has 0 saturated carbocycles. The Labute approximate surface area is 129 Å². The number of rotatable bonds is 4. The summed E-state index contributed by atoms with van der Waals surface area (Å²) >= 11 is 0. The van der Waals surface area contributed by atoms with Crippen molar-refractivity contribution >= 4 is 5.91 Å². The van der Waals surface area contributed by atoms with Gasteiger partial charge in [0, 0.05) is 35.8 Å². The first-order valence-corrected chi connectivity index (χ1v) is 7.21. The molecular formula is C18H18N2O2. The van der Waals surface area contributed by atoms with Crippen LogP contribution >= 0.6 is 0 Å². The van der Waals surface area contributed by atoms with Crippen LogP contribution in [0.2, 0.25) is 0 Å². The zero-order chi connectivity index (χ0) is 15.5. The number of amides is 1. The Kier molecular flexibility index (Phi) is 3.83. The summed E-state index contributed by atoms with van der Waals surface area (Å²) in [4.78, 5) is 12.3. The highest BCUT2D eigenvalue weighted by molar-refractivity contribution is 5.94. The minimum Gasteiger partial charge on any atom is -0.466 e. The Morgan fingerprint density at radius 2 is 1.91 bits per heavy atom. The number of nitrogens with one attached hydrogen (secondary N) is 1. The Morgan fingerprint density at radius 1 is 1.14 bits per heavy atom. The minimum absolute atomic E-state index is 0.0905. The molecule has 2 heterocycles.